The summed E-state index contributed by atoms with van der Waals surface area (Å²) in [6.07, 6.45) is 0.174. The molecule has 1 fully saturated rings. The molecule has 2 aromatic rings. The number of benzene rings is 2. The number of urea groups is 1. The van der Waals surface area contributed by atoms with Gasteiger partial charge in [-0.25, -0.2) is 9.59 Å². The highest BCUT2D eigenvalue weighted by atomic mass is 16.5. The maximum atomic E-state index is 12.3. The van der Waals surface area contributed by atoms with Crippen LogP contribution in [0.4, 0.5) is 10.5 Å². The number of hydrogen-bond donors (Lipinski definition) is 1. The molecule has 0 spiro atoms. The molecule has 3 rings (SSSR count). The largest absolute Gasteiger partial charge is 0.495 e. The van der Waals surface area contributed by atoms with Gasteiger partial charge in [0, 0.05) is 13.0 Å². The third-order valence-electron chi connectivity index (χ3n) is 3.71. The van der Waals surface area contributed by atoms with Crippen LogP contribution in [0.2, 0.25) is 0 Å². The van der Waals surface area contributed by atoms with Crippen LogP contribution in [0.3, 0.4) is 0 Å². The van der Waals surface area contributed by atoms with Crippen LogP contribution < -0.4 is 19.7 Å². The first-order valence-electron chi connectivity index (χ1n) is 7.65. The summed E-state index contributed by atoms with van der Waals surface area (Å²) in [7, 11) is 1.47. The van der Waals surface area contributed by atoms with Crippen LogP contribution in [-0.2, 0) is 4.79 Å². The van der Waals surface area contributed by atoms with Gasteiger partial charge in [0.2, 0.25) is 5.91 Å². The van der Waals surface area contributed by atoms with Crippen LogP contribution in [0.25, 0.3) is 0 Å². The van der Waals surface area contributed by atoms with Crippen molar-refractivity contribution in [2.24, 2.45) is 0 Å². The van der Waals surface area contributed by atoms with Gasteiger partial charge in [-0.05, 0) is 30.3 Å². The van der Waals surface area contributed by atoms with Crippen molar-refractivity contribution in [2.45, 2.75) is 6.42 Å². The highest BCUT2D eigenvalue weighted by Gasteiger charge is 2.27. The molecule has 25 heavy (non-hydrogen) atoms. The molecule has 1 heterocycles. The fourth-order valence-corrected chi connectivity index (χ4v) is 2.48. The van der Waals surface area contributed by atoms with Gasteiger partial charge in [0.05, 0.1) is 18.4 Å². The molecule has 128 valence electrons. The van der Waals surface area contributed by atoms with E-state index in [-0.39, 0.29) is 24.4 Å². The van der Waals surface area contributed by atoms with Gasteiger partial charge in [0.1, 0.15) is 11.5 Å². The summed E-state index contributed by atoms with van der Waals surface area (Å²) in [6.45, 7) is 0.207. The first-order valence-corrected chi connectivity index (χ1v) is 7.65. The second-order valence-electron chi connectivity index (χ2n) is 5.34. The minimum absolute atomic E-state index is 0.174. The Labute approximate surface area is 144 Å². The molecular formula is C18H16N2O5. The average Bonchev–Trinajstić information content (AvgIpc) is 2.62. The van der Waals surface area contributed by atoms with Crippen LogP contribution in [0.15, 0.2) is 48.5 Å². The summed E-state index contributed by atoms with van der Waals surface area (Å²) < 4.78 is 10.6. The molecule has 2 aromatic carbocycles. The number of anilines is 1. The Balaban J connectivity index is 1.88. The van der Waals surface area contributed by atoms with Gasteiger partial charge in [0.15, 0.2) is 0 Å². The van der Waals surface area contributed by atoms with E-state index < -0.39 is 12.0 Å². The Bertz CT molecular complexity index is 819. The van der Waals surface area contributed by atoms with Crippen LogP contribution in [0.5, 0.6) is 11.5 Å². The van der Waals surface area contributed by atoms with Gasteiger partial charge in [-0.2, -0.15) is 0 Å². The van der Waals surface area contributed by atoms with E-state index in [0.717, 1.165) is 0 Å². The lowest BCUT2D eigenvalue weighted by Gasteiger charge is -2.28. The van der Waals surface area contributed by atoms with E-state index in [1.165, 1.54) is 18.1 Å². The Kier molecular flexibility index (Phi) is 4.65. The van der Waals surface area contributed by atoms with Crippen molar-refractivity contribution in [3.05, 3.63) is 54.1 Å². The zero-order valence-electron chi connectivity index (χ0n) is 13.5. The second kappa shape index (κ2) is 7.04. The molecule has 0 aromatic heterocycles. The topological polar surface area (TPSA) is 84.9 Å². The number of amides is 3. The highest BCUT2D eigenvalue weighted by molar-refractivity contribution is 6.07. The van der Waals surface area contributed by atoms with E-state index in [1.807, 2.05) is 6.07 Å². The van der Waals surface area contributed by atoms with Gasteiger partial charge in [-0.15, -0.1) is 0 Å². The highest BCUT2D eigenvalue weighted by Crippen LogP contribution is 2.31. The van der Waals surface area contributed by atoms with Crippen molar-refractivity contribution in [1.82, 2.24) is 5.32 Å². The molecule has 1 aliphatic rings. The van der Waals surface area contributed by atoms with Crippen LogP contribution in [0, 0.1) is 0 Å². The summed E-state index contributed by atoms with van der Waals surface area (Å²) >= 11 is 0. The Hall–Kier alpha value is -3.35. The Morgan fingerprint density at radius 1 is 1.12 bits per heavy atom. The first kappa shape index (κ1) is 16.5. The monoisotopic (exact) mass is 340 g/mol. The van der Waals surface area contributed by atoms with Crippen LogP contribution in [0.1, 0.15) is 16.8 Å². The standard InChI is InChI=1S/C18H16N2O5/c1-24-15-8-7-12(17(22)25-13-5-3-2-4-6-13)11-14(15)20-10-9-16(21)19-18(20)23/h2-8,11H,9-10H2,1H3,(H,19,21,23). The normalized spacial score (nSPS) is 14.0. The van der Waals surface area contributed by atoms with Crippen molar-refractivity contribution in [3.8, 4) is 11.5 Å². The Morgan fingerprint density at radius 2 is 1.88 bits per heavy atom. The molecule has 1 saturated heterocycles. The second-order valence-corrected chi connectivity index (χ2v) is 5.34. The summed E-state index contributed by atoms with van der Waals surface area (Å²) in [5.74, 6) is -0.0459. The summed E-state index contributed by atoms with van der Waals surface area (Å²) in [5.41, 5.74) is 0.666. The zero-order valence-corrected chi connectivity index (χ0v) is 13.5. The fraction of sp³-hybridized carbons (Fsp3) is 0.167. The van der Waals surface area contributed by atoms with Gasteiger partial charge >= 0.3 is 12.0 Å². The van der Waals surface area contributed by atoms with E-state index in [2.05, 4.69) is 5.32 Å². The van der Waals surface area contributed by atoms with E-state index in [9.17, 15) is 14.4 Å². The third kappa shape index (κ3) is 3.60. The summed E-state index contributed by atoms with van der Waals surface area (Å²) in [5, 5.41) is 2.24. The number of hydrogen-bond acceptors (Lipinski definition) is 5. The van der Waals surface area contributed by atoms with Crippen molar-refractivity contribution in [2.75, 3.05) is 18.6 Å². The molecule has 1 aliphatic heterocycles. The lowest BCUT2D eigenvalue weighted by atomic mass is 10.1. The number of ether oxygens (including phenoxy) is 2. The maximum Gasteiger partial charge on any atom is 0.343 e. The molecule has 0 saturated carbocycles. The lowest BCUT2D eigenvalue weighted by Crippen LogP contribution is -2.49. The average molecular weight is 340 g/mol. The van der Waals surface area contributed by atoms with Gasteiger partial charge in [0.25, 0.3) is 0 Å². The molecule has 7 heteroatoms. The molecule has 0 bridgehead atoms. The molecule has 0 radical (unpaired) electrons. The molecule has 3 amide bonds. The third-order valence-corrected chi connectivity index (χ3v) is 3.71. The number of nitrogens with one attached hydrogen (secondary N) is 1. The van der Waals surface area contributed by atoms with Gasteiger partial charge in [-0.1, -0.05) is 18.2 Å². The smallest absolute Gasteiger partial charge is 0.343 e. The number of carbonyl (C=O) groups excluding carboxylic acids is 3. The maximum absolute atomic E-state index is 12.3. The minimum atomic E-state index is -0.553. The zero-order chi connectivity index (χ0) is 17.8. The van der Waals surface area contributed by atoms with Gasteiger partial charge in [-0.3, -0.25) is 15.0 Å². The minimum Gasteiger partial charge on any atom is -0.495 e. The number of esters is 1. The Morgan fingerprint density at radius 3 is 2.56 bits per heavy atom. The van der Waals surface area contributed by atoms with Crippen molar-refractivity contribution >= 4 is 23.6 Å². The quantitative estimate of drug-likeness (QED) is 0.682. The van der Waals surface area contributed by atoms with E-state index >= 15 is 0 Å². The molecule has 0 atom stereocenters. The fourth-order valence-electron chi connectivity index (χ4n) is 2.48. The van der Waals surface area contributed by atoms with E-state index in [4.69, 9.17) is 9.47 Å². The van der Waals surface area contributed by atoms with E-state index in [1.54, 1.807) is 36.4 Å². The van der Waals surface area contributed by atoms with Gasteiger partial charge < -0.3 is 9.47 Å². The number of para-hydroxylation sites is 1. The number of methoxy groups -OCH3 is 1. The number of carbonyl (C=O) groups is 3. The predicted octanol–water partition coefficient (Wildman–Crippen LogP) is 2.36. The lowest BCUT2D eigenvalue weighted by molar-refractivity contribution is -0.120. The molecule has 0 unspecified atom stereocenters. The molecular weight excluding hydrogens is 324 g/mol. The van der Waals surface area contributed by atoms with Crippen molar-refractivity contribution in [1.29, 1.82) is 0 Å². The predicted molar refractivity (Wildman–Crippen MR) is 89.9 cm³/mol. The summed E-state index contributed by atoms with van der Waals surface area (Å²) in [6, 6.07) is 12.8. The molecule has 7 nitrogen and oxygen atoms in total. The van der Waals surface area contributed by atoms with Crippen LogP contribution >= 0.6 is 0 Å². The molecule has 1 N–H and O–H groups in total. The molecule has 0 aliphatic carbocycles. The van der Waals surface area contributed by atoms with Crippen molar-refractivity contribution in [3.63, 3.8) is 0 Å². The van der Waals surface area contributed by atoms with Crippen molar-refractivity contribution < 1.29 is 23.9 Å². The summed E-state index contributed by atoms with van der Waals surface area (Å²) in [4.78, 5) is 37.1. The number of nitrogens with zero attached hydrogens (tertiary/aromatic N) is 1. The first-order chi connectivity index (χ1) is 12.1. The number of rotatable bonds is 4. The number of imide groups is 1. The SMILES string of the molecule is COc1ccc(C(=O)Oc2ccccc2)cc1N1CCC(=O)NC1=O. The van der Waals surface area contributed by atoms with Crippen LogP contribution in [-0.4, -0.2) is 31.6 Å². The van der Waals surface area contributed by atoms with E-state index in [0.29, 0.717) is 17.2 Å².